The molecule has 0 heterocycles. The van der Waals surface area contributed by atoms with Gasteiger partial charge in [-0.2, -0.15) is 0 Å². The Hall–Kier alpha value is -0.220. The molecule has 4 heteroatoms. The summed E-state index contributed by atoms with van der Waals surface area (Å²) in [6.07, 6.45) is 0.877. The lowest BCUT2D eigenvalue weighted by molar-refractivity contribution is -0.136. The Morgan fingerprint density at radius 1 is 1.64 bits per heavy atom. The molecule has 0 aliphatic rings. The van der Waals surface area contributed by atoms with E-state index in [1.807, 2.05) is 6.92 Å². The third-order valence-corrected chi connectivity index (χ3v) is 2.67. The normalized spacial score (nSPS) is 15.9. The summed E-state index contributed by atoms with van der Waals surface area (Å²) in [4.78, 5) is 10.4. The zero-order valence-corrected chi connectivity index (χ0v) is 7.73. The highest BCUT2D eigenvalue weighted by molar-refractivity contribution is 8.01. The third-order valence-electron chi connectivity index (χ3n) is 1.36. The molecule has 0 aromatic heterocycles. The van der Waals surface area contributed by atoms with Gasteiger partial charge in [-0.15, -0.1) is 11.8 Å². The molecular formula is C7H15NO2S. The highest BCUT2D eigenvalue weighted by Gasteiger charge is 2.14. The van der Waals surface area contributed by atoms with Crippen LogP contribution in [0.4, 0.5) is 0 Å². The fraction of sp³-hybridized carbons (Fsp3) is 0.857. The molecule has 0 aliphatic carbocycles. The maximum absolute atomic E-state index is 10.4. The van der Waals surface area contributed by atoms with E-state index in [0.717, 1.165) is 6.42 Å². The Labute approximate surface area is 71.3 Å². The molecule has 3 N–H and O–H groups in total. The van der Waals surface area contributed by atoms with Crippen molar-refractivity contribution in [3.8, 4) is 0 Å². The van der Waals surface area contributed by atoms with Crippen LogP contribution >= 0.6 is 11.8 Å². The molecule has 66 valence electrons. The lowest BCUT2D eigenvalue weighted by Gasteiger charge is -2.12. The van der Waals surface area contributed by atoms with Crippen LogP contribution in [0, 0.1) is 0 Å². The molecule has 0 saturated heterocycles. The number of hydrogen-bond donors (Lipinski definition) is 2. The number of hydrogen-bond acceptors (Lipinski definition) is 3. The lowest BCUT2D eigenvalue weighted by Crippen LogP contribution is -2.17. The van der Waals surface area contributed by atoms with Crippen molar-refractivity contribution in [2.45, 2.75) is 30.8 Å². The summed E-state index contributed by atoms with van der Waals surface area (Å²) in [5.41, 5.74) is 5.32. The average Bonchev–Trinajstić information content (AvgIpc) is 1.87. The summed E-state index contributed by atoms with van der Waals surface area (Å²) in [6, 6.07) is 0. The summed E-state index contributed by atoms with van der Waals surface area (Å²) in [6.45, 7) is 4.32. The minimum absolute atomic E-state index is 0.323. The molecule has 3 nitrogen and oxygen atoms in total. The molecule has 0 aromatic rings. The van der Waals surface area contributed by atoms with Crippen molar-refractivity contribution in [1.29, 1.82) is 0 Å². The van der Waals surface area contributed by atoms with Gasteiger partial charge < -0.3 is 10.8 Å². The van der Waals surface area contributed by atoms with Crippen LogP contribution < -0.4 is 5.73 Å². The number of aliphatic carboxylic acids is 1. The van der Waals surface area contributed by atoms with Crippen molar-refractivity contribution < 1.29 is 9.90 Å². The second kappa shape index (κ2) is 5.43. The van der Waals surface area contributed by atoms with E-state index in [1.165, 1.54) is 11.8 Å². The van der Waals surface area contributed by atoms with Gasteiger partial charge in [-0.3, -0.25) is 4.79 Å². The van der Waals surface area contributed by atoms with Gasteiger partial charge in [0.05, 0.1) is 5.25 Å². The van der Waals surface area contributed by atoms with E-state index >= 15 is 0 Å². The first-order valence-electron chi connectivity index (χ1n) is 3.66. The molecule has 11 heavy (non-hydrogen) atoms. The van der Waals surface area contributed by atoms with Crippen molar-refractivity contribution in [3.05, 3.63) is 0 Å². The maximum Gasteiger partial charge on any atom is 0.316 e. The Bertz CT molecular complexity index is 130. The molecule has 0 radical (unpaired) electrons. The highest BCUT2D eigenvalue weighted by Crippen LogP contribution is 2.19. The Kier molecular flexibility index (Phi) is 5.32. The standard InChI is InChI=1S/C7H15NO2S/c1-5(3-4-8)11-6(2)7(9)10/h5-6H,3-4,8H2,1-2H3,(H,9,10). The number of thioether (sulfide) groups is 1. The summed E-state index contributed by atoms with van der Waals surface area (Å²) in [5.74, 6) is -0.751. The summed E-state index contributed by atoms with van der Waals surface area (Å²) in [7, 11) is 0. The molecule has 0 spiro atoms. The van der Waals surface area contributed by atoms with Crippen molar-refractivity contribution in [1.82, 2.24) is 0 Å². The lowest BCUT2D eigenvalue weighted by atomic mass is 10.3. The molecule has 0 bridgehead atoms. The highest BCUT2D eigenvalue weighted by atomic mass is 32.2. The molecule has 0 amide bonds. The van der Waals surface area contributed by atoms with Crippen LogP contribution in [0.3, 0.4) is 0 Å². The van der Waals surface area contributed by atoms with Crippen molar-refractivity contribution >= 4 is 17.7 Å². The monoisotopic (exact) mass is 177 g/mol. The molecule has 0 saturated carbocycles. The van der Waals surface area contributed by atoms with Gasteiger partial charge in [0.1, 0.15) is 0 Å². The SMILES string of the molecule is CC(CCN)SC(C)C(=O)O. The van der Waals surface area contributed by atoms with Crippen LogP contribution in [-0.4, -0.2) is 28.1 Å². The van der Waals surface area contributed by atoms with Crippen LogP contribution in [0.1, 0.15) is 20.3 Å². The van der Waals surface area contributed by atoms with Crippen LogP contribution in [0.5, 0.6) is 0 Å². The van der Waals surface area contributed by atoms with Crippen LogP contribution in [0.2, 0.25) is 0 Å². The zero-order chi connectivity index (χ0) is 8.85. The molecule has 2 unspecified atom stereocenters. The van der Waals surface area contributed by atoms with Crippen molar-refractivity contribution in [2.75, 3.05) is 6.54 Å². The summed E-state index contributed by atoms with van der Waals surface area (Å²) in [5, 5.41) is 8.56. The van der Waals surface area contributed by atoms with Gasteiger partial charge >= 0.3 is 5.97 Å². The van der Waals surface area contributed by atoms with Gasteiger partial charge in [0, 0.05) is 5.25 Å². The largest absolute Gasteiger partial charge is 0.480 e. The fourth-order valence-electron chi connectivity index (χ4n) is 0.709. The Balaban J connectivity index is 3.56. The zero-order valence-electron chi connectivity index (χ0n) is 6.91. The first-order chi connectivity index (χ1) is 5.07. The van der Waals surface area contributed by atoms with Gasteiger partial charge in [-0.1, -0.05) is 6.92 Å². The van der Waals surface area contributed by atoms with Crippen LogP contribution in [-0.2, 0) is 4.79 Å². The first kappa shape index (κ1) is 10.8. The Morgan fingerprint density at radius 2 is 2.18 bits per heavy atom. The van der Waals surface area contributed by atoms with Crippen LogP contribution in [0.25, 0.3) is 0 Å². The quantitative estimate of drug-likeness (QED) is 0.655. The number of nitrogens with two attached hydrogens (primary N) is 1. The number of carbonyl (C=O) groups is 1. The molecular weight excluding hydrogens is 162 g/mol. The van der Waals surface area contributed by atoms with E-state index < -0.39 is 5.97 Å². The molecule has 2 atom stereocenters. The molecule has 0 aromatic carbocycles. The van der Waals surface area contributed by atoms with Crippen LogP contribution in [0.15, 0.2) is 0 Å². The second-order valence-corrected chi connectivity index (χ2v) is 4.29. The van der Waals surface area contributed by atoms with Gasteiger partial charge in [-0.05, 0) is 19.9 Å². The predicted octanol–water partition coefficient (Wildman–Crippen LogP) is 0.930. The second-order valence-electron chi connectivity index (χ2n) is 2.50. The Morgan fingerprint density at radius 3 is 2.55 bits per heavy atom. The number of rotatable bonds is 5. The minimum atomic E-state index is -0.751. The van der Waals surface area contributed by atoms with Gasteiger partial charge in [-0.25, -0.2) is 0 Å². The van der Waals surface area contributed by atoms with E-state index in [9.17, 15) is 4.79 Å². The van der Waals surface area contributed by atoms with E-state index in [0.29, 0.717) is 11.8 Å². The van der Waals surface area contributed by atoms with Crippen molar-refractivity contribution in [2.24, 2.45) is 5.73 Å². The third kappa shape index (κ3) is 5.09. The predicted molar refractivity (Wildman–Crippen MR) is 47.8 cm³/mol. The van der Waals surface area contributed by atoms with E-state index in [1.54, 1.807) is 6.92 Å². The molecule has 0 fully saturated rings. The average molecular weight is 177 g/mol. The molecule has 0 rings (SSSR count). The summed E-state index contributed by atoms with van der Waals surface area (Å²) >= 11 is 1.45. The first-order valence-corrected chi connectivity index (χ1v) is 4.60. The van der Waals surface area contributed by atoms with Gasteiger partial charge in [0.15, 0.2) is 0 Å². The van der Waals surface area contributed by atoms with E-state index in [-0.39, 0.29) is 5.25 Å². The van der Waals surface area contributed by atoms with Crippen molar-refractivity contribution in [3.63, 3.8) is 0 Å². The maximum atomic E-state index is 10.4. The number of carboxylic acids is 1. The number of carboxylic acid groups (broad SMARTS) is 1. The van der Waals surface area contributed by atoms with E-state index in [2.05, 4.69) is 0 Å². The van der Waals surface area contributed by atoms with Gasteiger partial charge in [0.2, 0.25) is 0 Å². The van der Waals surface area contributed by atoms with E-state index in [4.69, 9.17) is 10.8 Å². The van der Waals surface area contributed by atoms with Gasteiger partial charge in [0.25, 0.3) is 0 Å². The fourth-order valence-corrected chi connectivity index (χ4v) is 1.79. The summed E-state index contributed by atoms with van der Waals surface area (Å²) < 4.78 is 0. The minimum Gasteiger partial charge on any atom is -0.480 e. The topological polar surface area (TPSA) is 63.3 Å². The smallest absolute Gasteiger partial charge is 0.316 e. The molecule has 0 aliphatic heterocycles.